The van der Waals surface area contributed by atoms with Gasteiger partial charge in [0.1, 0.15) is 23.7 Å². The zero-order valence-electron chi connectivity index (χ0n) is 16.9. The summed E-state index contributed by atoms with van der Waals surface area (Å²) >= 11 is 6.49. The molecule has 1 aromatic carbocycles. The number of aromatic nitrogens is 3. The van der Waals surface area contributed by atoms with Crippen LogP contribution in [0, 0.1) is 0 Å². The van der Waals surface area contributed by atoms with Gasteiger partial charge in [0.25, 0.3) is 0 Å². The summed E-state index contributed by atoms with van der Waals surface area (Å²) in [5.41, 5.74) is 3.62. The molecule has 3 aromatic rings. The first-order valence-electron chi connectivity index (χ1n) is 10.6. The van der Waals surface area contributed by atoms with Crippen molar-refractivity contribution in [1.82, 2.24) is 19.9 Å². The van der Waals surface area contributed by atoms with Crippen molar-refractivity contribution in [3.63, 3.8) is 0 Å². The van der Waals surface area contributed by atoms with Crippen molar-refractivity contribution in [2.45, 2.75) is 12.8 Å². The number of ether oxygens (including phenoxy) is 2. The molecular formula is C22H26ClN5O2. The molecular weight excluding hydrogens is 402 g/mol. The average Bonchev–Trinajstić information content (AvgIpc) is 3.45. The maximum atomic E-state index is 6.49. The Hall–Kier alpha value is -2.35. The average molecular weight is 428 g/mol. The minimum atomic E-state index is 0.670. The van der Waals surface area contributed by atoms with Crippen LogP contribution in [0.4, 0.5) is 5.69 Å². The van der Waals surface area contributed by atoms with Crippen LogP contribution in [0.3, 0.4) is 0 Å². The zero-order chi connectivity index (χ0) is 20.3. The highest BCUT2D eigenvalue weighted by Gasteiger charge is 2.21. The van der Waals surface area contributed by atoms with Crippen molar-refractivity contribution in [3.05, 3.63) is 35.5 Å². The van der Waals surface area contributed by atoms with Crippen LogP contribution in [0.25, 0.3) is 22.6 Å². The lowest BCUT2D eigenvalue weighted by Crippen LogP contribution is -2.38. The van der Waals surface area contributed by atoms with E-state index >= 15 is 0 Å². The number of aromatic amines is 1. The van der Waals surface area contributed by atoms with Gasteiger partial charge >= 0.3 is 0 Å². The molecule has 158 valence electrons. The number of nitrogens with zero attached hydrogens (tertiary/aromatic N) is 4. The highest BCUT2D eigenvalue weighted by atomic mass is 35.5. The first-order chi connectivity index (χ1) is 14.8. The van der Waals surface area contributed by atoms with E-state index in [-0.39, 0.29) is 0 Å². The van der Waals surface area contributed by atoms with Crippen molar-refractivity contribution in [2.75, 3.05) is 57.4 Å². The number of pyridine rings is 1. The topological polar surface area (TPSA) is 66.5 Å². The van der Waals surface area contributed by atoms with Gasteiger partial charge in [-0.05, 0) is 37.1 Å². The molecule has 0 spiro atoms. The number of hydrogen-bond donors (Lipinski definition) is 1. The lowest BCUT2D eigenvalue weighted by Gasteiger charge is -2.26. The molecule has 0 amide bonds. The summed E-state index contributed by atoms with van der Waals surface area (Å²) in [4.78, 5) is 17.2. The number of morpholine rings is 1. The summed E-state index contributed by atoms with van der Waals surface area (Å²) in [6.07, 6.45) is 4.08. The lowest BCUT2D eigenvalue weighted by atomic mass is 10.2. The number of fused-ring (bicyclic) bond motifs is 1. The van der Waals surface area contributed by atoms with Gasteiger partial charge in [-0.15, -0.1) is 0 Å². The lowest BCUT2D eigenvalue weighted by molar-refractivity contribution is 0.0322. The predicted molar refractivity (Wildman–Crippen MR) is 119 cm³/mol. The second-order valence-electron chi connectivity index (χ2n) is 7.76. The molecule has 0 saturated carbocycles. The Kier molecular flexibility index (Phi) is 5.75. The number of halogens is 1. The fourth-order valence-electron chi connectivity index (χ4n) is 4.13. The maximum Gasteiger partial charge on any atom is 0.180 e. The molecule has 2 aromatic heterocycles. The predicted octanol–water partition coefficient (Wildman–Crippen LogP) is 3.59. The van der Waals surface area contributed by atoms with Crippen LogP contribution in [0.5, 0.6) is 5.75 Å². The third-order valence-electron chi connectivity index (χ3n) is 5.78. The fourth-order valence-corrected chi connectivity index (χ4v) is 4.40. The van der Waals surface area contributed by atoms with Gasteiger partial charge in [0.05, 0.1) is 30.1 Å². The molecule has 2 fully saturated rings. The van der Waals surface area contributed by atoms with Crippen LogP contribution in [0.15, 0.2) is 30.5 Å². The zero-order valence-corrected chi connectivity index (χ0v) is 17.7. The van der Waals surface area contributed by atoms with Crippen LogP contribution in [0.1, 0.15) is 12.8 Å². The van der Waals surface area contributed by atoms with E-state index in [9.17, 15) is 0 Å². The number of nitrogens with one attached hydrogen (secondary N) is 1. The molecule has 7 nitrogen and oxygen atoms in total. The molecule has 8 heteroatoms. The van der Waals surface area contributed by atoms with E-state index in [1.807, 2.05) is 24.3 Å². The van der Waals surface area contributed by atoms with E-state index in [1.54, 1.807) is 6.20 Å². The minimum Gasteiger partial charge on any atom is -0.492 e. The summed E-state index contributed by atoms with van der Waals surface area (Å²) in [6.45, 7) is 7.20. The first kappa shape index (κ1) is 19.6. The Morgan fingerprint density at radius 3 is 2.60 bits per heavy atom. The molecule has 30 heavy (non-hydrogen) atoms. The van der Waals surface area contributed by atoms with Crippen LogP contribution >= 0.6 is 11.6 Å². The summed E-state index contributed by atoms with van der Waals surface area (Å²) in [7, 11) is 0. The number of imidazole rings is 1. The smallest absolute Gasteiger partial charge is 0.180 e. The largest absolute Gasteiger partial charge is 0.492 e. The van der Waals surface area contributed by atoms with Crippen LogP contribution < -0.4 is 9.64 Å². The normalized spacial score (nSPS) is 17.7. The number of rotatable bonds is 6. The van der Waals surface area contributed by atoms with E-state index in [0.29, 0.717) is 17.3 Å². The summed E-state index contributed by atoms with van der Waals surface area (Å²) in [5, 5.41) is 0.670. The fraction of sp³-hybridized carbons (Fsp3) is 0.455. The molecule has 0 atom stereocenters. The number of benzene rings is 1. The Labute approximate surface area is 181 Å². The summed E-state index contributed by atoms with van der Waals surface area (Å²) in [5.74, 6) is 1.65. The molecule has 2 aliphatic heterocycles. The number of hydrogen-bond acceptors (Lipinski definition) is 6. The molecule has 5 rings (SSSR count). The third-order valence-corrected chi connectivity index (χ3v) is 6.05. The third kappa shape index (κ3) is 4.10. The van der Waals surface area contributed by atoms with Crippen LogP contribution in [-0.4, -0.2) is 72.4 Å². The van der Waals surface area contributed by atoms with Crippen molar-refractivity contribution >= 4 is 28.5 Å². The number of H-pyrrole nitrogens is 1. The van der Waals surface area contributed by atoms with Gasteiger partial charge in [-0.2, -0.15) is 0 Å². The van der Waals surface area contributed by atoms with E-state index in [2.05, 4.69) is 19.8 Å². The second-order valence-corrected chi connectivity index (χ2v) is 8.17. The van der Waals surface area contributed by atoms with Gasteiger partial charge < -0.3 is 19.4 Å². The minimum absolute atomic E-state index is 0.670. The molecule has 0 unspecified atom stereocenters. The molecule has 0 aliphatic carbocycles. The van der Waals surface area contributed by atoms with Crippen LogP contribution in [-0.2, 0) is 4.74 Å². The second kappa shape index (κ2) is 8.79. The summed E-state index contributed by atoms with van der Waals surface area (Å²) in [6, 6.07) is 8.03. The van der Waals surface area contributed by atoms with Crippen LogP contribution in [0.2, 0.25) is 5.02 Å². The standard InChI is InChI=1S/C22H26ClN5O2/c23-18-15-24-22-19(20(18)28-7-1-2-8-28)25-21(26-22)16-3-5-17(6-4-16)30-14-11-27-9-12-29-13-10-27/h3-6,15H,1-2,7-14H2,(H,24,25,26). The van der Waals surface area contributed by atoms with Crippen molar-refractivity contribution < 1.29 is 9.47 Å². The first-order valence-corrected chi connectivity index (χ1v) is 11.0. The quantitative estimate of drug-likeness (QED) is 0.648. The molecule has 2 aliphatic rings. The Bertz CT molecular complexity index is 995. The van der Waals surface area contributed by atoms with E-state index in [4.69, 9.17) is 26.1 Å². The Morgan fingerprint density at radius 1 is 1.07 bits per heavy atom. The Balaban J connectivity index is 1.30. The molecule has 0 radical (unpaired) electrons. The van der Waals surface area contributed by atoms with Crippen molar-refractivity contribution in [2.24, 2.45) is 0 Å². The van der Waals surface area contributed by atoms with Gasteiger partial charge in [-0.1, -0.05) is 11.6 Å². The highest BCUT2D eigenvalue weighted by molar-refractivity contribution is 6.34. The molecule has 1 N–H and O–H groups in total. The van der Waals surface area contributed by atoms with Gasteiger partial charge in [-0.25, -0.2) is 9.97 Å². The van der Waals surface area contributed by atoms with E-state index in [0.717, 1.165) is 74.3 Å². The van der Waals surface area contributed by atoms with Crippen molar-refractivity contribution in [3.8, 4) is 17.1 Å². The monoisotopic (exact) mass is 427 g/mol. The molecule has 0 bridgehead atoms. The SMILES string of the molecule is Clc1cnc2nc(-c3ccc(OCCN4CCOCC4)cc3)[nH]c2c1N1CCCC1. The maximum absolute atomic E-state index is 6.49. The van der Waals surface area contributed by atoms with Gasteiger partial charge in [0.15, 0.2) is 5.65 Å². The Morgan fingerprint density at radius 2 is 1.83 bits per heavy atom. The summed E-state index contributed by atoms with van der Waals surface area (Å²) < 4.78 is 11.3. The van der Waals surface area contributed by atoms with E-state index in [1.165, 1.54) is 12.8 Å². The molecule has 2 saturated heterocycles. The van der Waals surface area contributed by atoms with Gasteiger partial charge in [-0.3, -0.25) is 4.90 Å². The number of anilines is 1. The molecule has 4 heterocycles. The van der Waals surface area contributed by atoms with Gasteiger partial charge in [0, 0.05) is 38.3 Å². The highest BCUT2D eigenvalue weighted by Crippen LogP contribution is 2.35. The van der Waals surface area contributed by atoms with Gasteiger partial charge in [0.2, 0.25) is 0 Å². The van der Waals surface area contributed by atoms with E-state index < -0.39 is 0 Å². The van der Waals surface area contributed by atoms with Crippen molar-refractivity contribution in [1.29, 1.82) is 0 Å².